The molecule has 0 atom stereocenters. The molecule has 0 amide bonds. The number of hydrogen-bond donors (Lipinski definition) is 0. The molecule has 2 aromatic heterocycles. The standard InChI is InChI=1S/C18H17N2O2/c1-3-22-18(21)13-9-15-14-6-4-5-12-7-8-20(17(12)14)11-16(15)19(2)10-13/h4-10H,3,11H2,1-2H3/q+1. The van der Waals surface area contributed by atoms with Crippen LogP contribution in [0.15, 0.2) is 42.7 Å². The second-order valence-corrected chi connectivity index (χ2v) is 5.61. The highest BCUT2D eigenvalue weighted by Crippen LogP contribution is 2.35. The van der Waals surface area contributed by atoms with Gasteiger partial charge in [-0.1, -0.05) is 18.2 Å². The average molecular weight is 293 g/mol. The van der Waals surface area contributed by atoms with E-state index < -0.39 is 0 Å². The average Bonchev–Trinajstić information content (AvgIpc) is 2.93. The Morgan fingerprint density at radius 2 is 2.18 bits per heavy atom. The summed E-state index contributed by atoms with van der Waals surface area (Å²) < 4.78 is 9.44. The molecule has 0 bridgehead atoms. The number of benzene rings is 1. The number of carbonyl (C=O) groups excluding carboxylic acids is 1. The van der Waals surface area contributed by atoms with Crippen molar-refractivity contribution in [2.24, 2.45) is 7.05 Å². The van der Waals surface area contributed by atoms with Crippen LogP contribution in [0.25, 0.3) is 22.0 Å². The Morgan fingerprint density at radius 3 is 3.00 bits per heavy atom. The minimum absolute atomic E-state index is 0.269. The molecule has 0 spiro atoms. The Balaban J connectivity index is 1.98. The summed E-state index contributed by atoms with van der Waals surface area (Å²) >= 11 is 0. The van der Waals surface area contributed by atoms with Gasteiger partial charge in [0, 0.05) is 17.1 Å². The molecule has 0 unspecified atom stereocenters. The zero-order valence-electron chi connectivity index (χ0n) is 12.7. The number of para-hydroxylation sites is 1. The number of aryl methyl sites for hydroxylation is 1. The fourth-order valence-electron chi connectivity index (χ4n) is 3.28. The van der Waals surface area contributed by atoms with Crippen LogP contribution in [0, 0.1) is 0 Å². The molecule has 110 valence electrons. The van der Waals surface area contributed by atoms with Crippen LogP contribution in [-0.2, 0) is 18.3 Å². The molecule has 0 aliphatic carbocycles. The lowest BCUT2D eigenvalue weighted by Crippen LogP contribution is -2.37. The van der Waals surface area contributed by atoms with Gasteiger partial charge in [0.2, 0.25) is 5.69 Å². The summed E-state index contributed by atoms with van der Waals surface area (Å²) in [6.07, 6.45) is 3.97. The predicted molar refractivity (Wildman–Crippen MR) is 83.6 cm³/mol. The van der Waals surface area contributed by atoms with Gasteiger partial charge in [-0.3, -0.25) is 0 Å². The summed E-state index contributed by atoms with van der Waals surface area (Å²) in [5.74, 6) is -0.269. The summed E-state index contributed by atoms with van der Waals surface area (Å²) in [7, 11) is 1.98. The molecule has 1 aromatic carbocycles. The zero-order valence-corrected chi connectivity index (χ0v) is 12.7. The van der Waals surface area contributed by atoms with Crippen molar-refractivity contribution in [1.29, 1.82) is 0 Å². The lowest BCUT2D eigenvalue weighted by atomic mass is 9.97. The van der Waals surface area contributed by atoms with Gasteiger partial charge in [-0.25, -0.2) is 9.36 Å². The molecule has 0 saturated heterocycles. The Labute approximate surface area is 128 Å². The molecule has 1 aliphatic rings. The van der Waals surface area contributed by atoms with Crippen molar-refractivity contribution < 1.29 is 14.1 Å². The van der Waals surface area contributed by atoms with Crippen LogP contribution in [0.1, 0.15) is 23.0 Å². The van der Waals surface area contributed by atoms with Crippen molar-refractivity contribution in [3.63, 3.8) is 0 Å². The maximum atomic E-state index is 12.1. The summed E-state index contributed by atoms with van der Waals surface area (Å²) in [4.78, 5) is 12.1. The maximum absolute atomic E-state index is 12.1. The van der Waals surface area contributed by atoms with Crippen LogP contribution in [-0.4, -0.2) is 17.1 Å². The van der Waals surface area contributed by atoms with Gasteiger partial charge in [-0.05, 0) is 19.1 Å². The molecule has 0 radical (unpaired) electrons. The number of carbonyl (C=O) groups is 1. The zero-order chi connectivity index (χ0) is 15.3. The third-order valence-corrected chi connectivity index (χ3v) is 4.28. The molecule has 0 fully saturated rings. The monoisotopic (exact) mass is 293 g/mol. The summed E-state index contributed by atoms with van der Waals surface area (Å²) in [5, 5.41) is 1.23. The van der Waals surface area contributed by atoms with Crippen LogP contribution < -0.4 is 4.57 Å². The number of ether oxygens (including phenoxy) is 1. The summed E-state index contributed by atoms with van der Waals surface area (Å²) in [6, 6.07) is 10.4. The van der Waals surface area contributed by atoms with Crippen molar-refractivity contribution in [3.8, 4) is 11.1 Å². The molecule has 0 saturated carbocycles. The molecule has 3 heterocycles. The highest BCUT2D eigenvalue weighted by Gasteiger charge is 2.26. The minimum atomic E-state index is -0.269. The second-order valence-electron chi connectivity index (χ2n) is 5.61. The van der Waals surface area contributed by atoms with Crippen LogP contribution in [0.3, 0.4) is 0 Å². The number of rotatable bonds is 2. The predicted octanol–water partition coefficient (Wildman–Crippen LogP) is 2.67. The first kappa shape index (κ1) is 13.1. The number of aromatic nitrogens is 2. The van der Waals surface area contributed by atoms with Crippen molar-refractivity contribution in [3.05, 3.63) is 54.0 Å². The number of nitrogens with zero attached hydrogens (tertiary/aromatic N) is 2. The molecule has 4 heteroatoms. The molecule has 4 rings (SSSR count). The molecule has 1 aliphatic heterocycles. The van der Waals surface area contributed by atoms with E-state index in [1.807, 2.05) is 30.8 Å². The number of fused-ring (bicyclic) bond motifs is 2. The van der Waals surface area contributed by atoms with Crippen LogP contribution >= 0.6 is 0 Å². The van der Waals surface area contributed by atoms with E-state index in [9.17, 15) is 4.79 Å². The van der Waals surface area contributed by atoms with Crippen molar-refractivity contribution in [1.82, 2.24) is 4.57 Å². The first-order chi connectivity index (χ1) is 10.7. The molecule has 22 heavy (non-hydrogen) atoms. The first-order valence-corrected chi connectivity index (χ1v) is 7.47. The van der Waals surface area contributed by atoms with E-state index in [0.29, 0.717) is 12.2 Å². The van der Waals surface area contributed by atoms with Gasteiger partial charge in [-0.15, -0.1) is 0 Å². The van der Waals surface area contributed by atoms with Crippen LogP contribution in [0.2, 0.25) is 0 Å². The molecule has 3 aromatic rings. The summed E-state index contributed by atoms with van der Waals surface area (Å²) in [6.45, 7) is 3.03. The minimum Gasteiger partial charge on any atom is -0.462 e. The fourth-order valence-corrected chi connectivity index (χ4v) is 3.28. The van der Waals surface area contributed by atoms with E-state index in [1.165, 1.54) is 22.2 Å². The Bertz CT molecular complexity index is 909. The smallest absolute Gasteiger partial charge is 0.344 e. The van der Waals surface area contributed by atoms with Gasteiger partial charge in [-0.2, -0.15) is 0 Å². The van der Waals surface area contributed by atoms with Gasteiger partial charge < -0.3 is 9.30 Å². The Kier molecular flexibility index (Phi) is 2.79. The molecule has 0 N–H and O–H groups in total. The van der Waals surface area contributed by atoms with E-state index >= 15 is 0 Å². The summed E-state index contributed by atoms with van der Waals surface area (Å²) in [5.41, 5.74) is 5.32. The molecular weight excluding hydrogens is 276 g/mol. The largest absolute Gasteiger partial charge is 0.462 e. The molecular formula is C18H17N2O2+. The van der Waals surface area contributed by atoms with Gasteiger partial charge >= 0.3 is 5.97 Å². The highest BCUT2D eigenvalue weighted by molar-refractivity contribution is 5.98. The van der Waals surface area contributed by atoms with Crippen molar-refractivity contribution in [2.75, 3.05) is 6.61 Å². The van der Waals surface area contributed by atoms with Gasteiger partial charge in [0.15, 0.2) is 6.20 Å². The Morgan fingerprint density at radius 1 is 1.32 bits per heavy atom. The fraction of sp³-hybridized carbons (Fsp3) is 0.222. The molecule has 4 nitrogen and oxygen atoms in total. The van der Waals surface area contributed by atoms with Crippen LogP contribution in [0.5, 0.6) is 0 Å². The Hall–Kier alpha value is -2.62. The third-order valence-electron chi connectivity index (χ3n) is 4.28. The topological polar surface area (TPSA) is 35.1 Å². The SMILES string of the molecule is CCOC(=O)c1cc2c([n+](C)c1)Cn1ccc3cccc-2c31. The van der Waals surface area contributed by atoms with Crippen molar-refractivity contribution >= 4 is 16.9 Å². The van der Waals surface area contributed by atoms with Gasteiger partial charge in [0.05, 0.1) is 17.7 Å². The van der Waals surface area contributed by atoms with Gasteiger partial charge in [0.25, 0.3) is 0 Å². The first-order valence-electron chi connectivity index (χ1n) is 7.47. The number of esters is 1. The highest BCUT2D eigenvalue weighted by atomic mass is 16.5. The van der Waals surface area contributed by atoms with E-state index in [2.05, 4.69) is 35.0 Å². The van der Waals surface area contributed by atoms with Crippen molar-refractivity contribution in [2.45, 2.75) is 13.5 Å². The normalized spacial score (nSPS) is 12.3. The lowest BCUT2D eigenvalue weighted by molar-refractivity contribution is -0.679. The van der Waals surface area contributed by atoms with E-state index in [0.717, 1.165) is 12.1 Å². The van der Waals surface area contributed by atoms with E-state index in [4.69, 9.17) is 4.74 Å². The van der Waals surface area contributed by atoms with E-state index in [-0.39, 0.29) is 5.97 Å². The van der Waals surface area contributed by atoms with E-state index in [1.54, 1.807) is 0 Å². The maximum Gasteiger partial charge on any atom is 0.344 e. The quantitative estimate of drug-likeness (QED) is 0.421. The third kappa shape index (κ3) is 1.77. The van der Waals surface area contributed by atoms with Gasteiger partial charge in [0.1, 0.15) is 19.2 Å². The number of hydrogen-bond acceptors (Lipinski definition) is 2. The van der Waals surface area contributed by atoms with Crippen LogP contribution in [0.4, 0.5) is 0 Å². The lowest BCUT2D eigenvalue weighted by Gasteiger charge is -2.18. The number of pyridine rings is 1. The second kappa shape index (κ2) is 4.70.